The van der Waals surface area contributed by atoms with Crippen molar-refractivity contribution in [3.05, 3.63) is 64.9 Å². The lowest BCUT2D eigenvalue weighted by Gasteiger charge is -2.45. The predicted molar refractivity (Wildman–Crippen MR) is 133 cm³/mol. The summed E-state index contributed by atoms with van der Waals surface area (Å²) in [6.45, 7) is 8.67. The number of benzene rings is 2. The SMILES string of the molecule is CC(C)C(CN(c1ccccc1F)S(=O)(=O)C(C)(C)C)N1C(=O)COC[C@H]1c1ccc(Cl)cc1. The third kappa shape index (κ3) is 5.39. The summed E-state index contributed by atoms with van der Waals surface area (Å²) < 4.78 is 47.6. The lowest BCUT2D eigenvalue weighted by atomic mass is 9.96. The van der Waals surface area contributed by atoms with Crippen LogP contribution in [-0.4, -0.2) is 49.8 Å². The lowest BCUT2D eigenvalue weighted by molar-refractivity contribution is -0.153. The first kappa shape index (κ1) is 26.4. The van der Waals surface area contributed by atoms with Gasteiger partial charge >= 0.3 is 0 Å². The molecule has 1 heterocycles. The van der Waals surface area contributed by atoms with Crippen LogP contribution < -0.4 is 4.31 Å². The van der Waals surface area contributed by atoms with Crippen LogP contribution in [0.3, 0.4) is 0 Å². The van der Waals surface area contributed by atoms with Crippen LogP contribution in [0.25, 0.3) is 0 Å². The Labute approximate surface area is 206 Å². The minimum atomic E-state index is -3.98. The van der Waals surface area contributed by atoms with E-state index in [1.165, 1.54) is 18.2 Å². The van der Waals surface area contributed by atoms with E-state index >= 15 is 0 Å². The molecule has 0 saturated carbocycles. The molecule has 0 N–H and O–H groups in total. The molecule has 3 rings (SSSR count). The first-order valence-corrected chi connectivity index (χ1v) is 13.1. The number of morpholine rings is 1. The van der Waals surface area contributed by atoms with Crippen LogP contribution in [0.4, 0.5) is 10.1 Å². The Hall–Kier alpha value is -2.16. The highest BCUT2D eigenvalue weighted by molar-refractivity contribution is 7.94. The van der Waals surface area contributed by atoms with E-state index in [1.807, 2.05) is 26.0 Å². The largest absolute Gasteiger partial charge is 0.369 e. The third-order valence-electron chi connectivity index (χ3n) is 6.04. The number of anilines is 1. The van der Waals surface area contributed by atoms with E-state index in [-0.39, 0.29) is 37.3 Å². The number of halogens is 2. The van der Waals surface area contributed by atoms with E-state index < -0.39 is 32.7 Å². The van der Waals surface area contributed by atoms with Gasteiger partial charge in [-0.2, -0.15) is 0 Å². The Morgan fingerprint density at radius 1 is 1.15 bits per heavy atom. The van der Waals surface area contributed by atoms with Crippen LogP contribution in [0, 0.1) is 11.7 Å². The molecule has 1 saturated heterocycles. The fourth-order valence-corrected chi connectivity index (χ4v) is 5.59. The summed E-state index contributed by atoms with van der Waals surface area (Å²) in [6.07, 6.45) is 0. The molecule has 0 bridgehead atoms. The van der Waals surface area contributed by atoms with Gasteiger partial charge in [0.05, 0.1) is 35.7 Å². The number of sulfonamides is 1. The number of hydrogen-bond donors (Lipinski definition) is 0. The van der Waals surface area contributed by atoms with E-state index in [2.05, 4.69) is 0 Å². The number of carbonyl (C=O) groups is 1. The van der Waals surface area contributed by atoms with Crippen LogP contribution in [0.15, 0.2) is 48.5 Å². The second-order valence-corrected chi connectivity index (χ2v) is 12.8. The fraction of sp³-hybridized carbons (Fsp3) is 0.480. The number of ether oxygens (including phenoxy) is 1. The molecule has 186 valence electrons. The van der Waals surface area contributed by atoms with Crippen molar-refractivity contribution < 1.29 is 22.3 Å². The molecular formula is C25H32ClFN2O4S. The lowest BCUT2D eigenvalue weighted by Crippen LogP contribution is -2.57. The molecule has 2 aromatic carbocycles. The van der Waals surface area contributed by atoms with Crippen LogP contribution >= 0.6 is 11.6 Å². The second kappa shape index (κ2) is 10.2. The van der Waals surface area contributed by atoms with Crippen LogP contribution in [0.1, 0.15) is 46.2 Å². The highest BCUT2D eigenvalue weighted by Gasteiger charge is 2.42. The highest BCUT2D eigenvalue weighted by atomic mass is 35.5. The van der Waals surface area contributed by atoms with Crippen molar-refractivity contribution in [2.24, 2.45) is 5.92 Å². The van der Waals surface area contributed by atoms with Crippen molar-refractivity contribution >= 4 is 33.2 Å². The van der Waals surface area contributed by atoms with Gasteiger partial charge in [0.15, 0.2) is 0 Å². The van der Waals surface area contributed by atoms with Gasteiger partial charge in [-0.05, 0) is 56.5 Å². The van der Waals surface area contributed by atoms with E-state index in [0.29, 0.717) is 5.02 Å². The number of amides is 1. The van der Waals surface area contributed by atoms with E-state index in [0.717, 1.165) is 9.87 Å². The van der Waals surface area contributed by atoms with Gasteiger partial charge in [0.25, 0.3) is 0 Å². The average molecular weight is 511 g/mol. The Balaban J connectivity index is 2.10. The van der Waals surface area contributed by atoms with Crippen molar-refractivity contribution in [3.8, 4) is 0 Å². The molecule has 1 fully saturated rings. The summed E-state index contributed by atoms with van der Waals surface area (Å²) in [5, 5.41) is 0.570. The maximum Gasteiger partial charge on any atom is 0.249 e. The van der Waals surface area contributed by atoms with Gasteiger partial charge in [0, 0.05) is 5.02 Å². The standard InChI is InChI=1S/C25H32ClFN2O4S/c1-17(2)22(29-23(15-33-16-24(29)30)18-10-12-19(26)13-11-18)14-28(34(31,32)25(3,4)5)21-9-7-6-8-20(21)27/h6-13,17,22-23H,14-16H2,1-5H3/t22?,23-/m0/s1. The normalized spacial score (nSPS) is 18.3. The monoisotopic (exact) mass is 510 g/mol. The molecule has 0 aromatic heterocycles. The van der Waals surface area contributed by atoms with Gasteiger partial charge in [0.1, 0.15) is 12.4 Å². The fourth-order valence-electron chi connectivity index (χ4n) is 4.04. The van der Waals surface area contributed by atoms with E-state index in [1.54, 1.807) is 43.9 Å². The van der Waals surface area contributed by atoms with Crippen molar-refractivity contribution in [2.75, 3.05) is 24.1 Å². The quantitative estimate of drug-likeness (QED) is 0.523. The number of nitrogens with zero attached hydrogens (tertiary/aromatic N) is 2. The summed E-state index contributed by atoms with van der Waals surface area (Å²) in [7, 11) is -3.98. The number of rotatable bonds is 7. The Bertz CT molecular complexity index is 1120. The van der Waals surface area contributed by atoms with E-state index in [9.17, 15) is 17.6 Å². The predicted octanol–water partition coefficient (Wildman–Crippen LogP) is 5.04. The highest BCUT2D eigenvalue weighted by Crippen LogP contribution is 2.34. The zero-order valence-corrected chi connectivity index (χ0v) is 21.7. The summed E-state index contributed by atoms with van der Waals surface area (Å²) in [4.78, 5) is 14.9. The Kier molecular flexibility index (Phi) is 7.95. The number of hydrogen-bond acceptors (Lipinski definition) is 4. The first-order chi connectivity index (χ1) is 15.8. The molecule has 1 aliphatic rings. The molecule has 0 spiro atoms. The molecule has 1 aliphatic heterocycles. The zero-order valence-electron chi connectivity index (χ0n) is 20.2. The molecular weight excluding hydrogens is 479 g/mol. The maximum absolute atomic E-state index is 14.9. The summed E-state index contributed by atoms with van der Waals surface area (Å²) in [6, 6.07) is 12.0. The van der Waals surface area contributed by atoms with Gasteiger partial charge in [0.2, 0.25) is 15.9 Å². The van der Waals surface area contributed by atoms with Crippen molar-refractivity contribution in [3.63, 3.8) is 0 Å². The molecule has 2 aromatic rings. The van der Waals surface area contributed by atoms with Crippen molar-refractivity contribution in [1.29, 1.82) is 0 Å². The smallest absolute Gasteiger partial charge is 0.249 e. The minimum Gasteiger partial charge on any atom is -0.369 e. The van der Waals surface area contributed by atoms with Gasteiger partial charge in [-0.3, -0.25) is 9.10 Å². The summed E-state index contributed by atoms with van der Waals surface area (Å²) in [5.74, 6) is -1.01. The van der Waals surface area contributed by atoms with Crippen LogP contribution in [0.2, 0.25) is 5.02 Å². The summed E-state index contributed by atoms with van der Waals surface area (Å²) >= 11 is 6.05. The van der Waals surface area contributed by atoms with Gasteiger partial charge < -0.3 is 9.64 Å². The van der Waals surface area contributed by atoms with Gasteiger partial charge in [-0.25, -0.2) is 12.8 Å². The topological polar surface area (TPSA) is 66.9 Å². The van der Waals surface area contributed by atoms with Gasteiger partial charge in [-0.15, -0.1) is 0 Å². The molecule has 34 heavy (non-hydrogen) atoms. The number of carbonyl (C=O) groups excluding carboxylic acids is 1. The van der Waals surface area contributed by atoms with Gasteiger partial charge in [-0.1, -0.05) is 49.7 Å². The zero-order chi connectivity index (χ0) is 25.3. The van der Waals surface area contributed by atoms with Crippen molar-refractivity contribution in [2.45, 2.75) is 51.4 Å². The van der Waals surface area contributed by atoms with Crippen LogP contribution in [-0.2, 0) is 19.6 Å². The molecule has 9 heteroatoms. The maximum atomic E-state index is 14.9. The van der Waals surface area contributed by atoms with E-state index in [4.69, 9.17) is 16.3 Å². The first-order valence-electron chi connectivity index (χ1n) is 11.3. The van der Waals surface area contributed by atoms with Crippen molar-refractivity contribution in [1.82, 2.24) is 4.90 Å². The second-order valence-electron chi connectivity index (χ2n) is 9.79. The molecule has 1 amide bonds. The summed E-state index contributed by atoms with van der Waals surface area (Å²) in [5.41, 5.74) is 0.797. The Morgan fingerprint density at radius 2 is 1.76 bits per heavy atom. The molecule has 1 unspecified atom stereocenters. The molecule has 0 radical (unpaired) electrons. The minimum absolute atomic E-state index is 0.0353. The number of para-hydroxylation sites is 1. The van der Waals surface area contributed by atoms with Crippen LogP contribution in [0.5, 0.6) is 0 Å². The average Bonchev–Trinajstić information content (AvgIpc) is 2.75. The third-order valence-corrected chi connectivity index (χ3v) is 8.77. The molecule has 0 aliphatic carbocycles. The Morgan fingerprint density at radius 3 is 2.32 bits per heavy atom. The molecule has 2 atom stereocenters. The molecule has 6 nitrogen and oxygen atoms in total.